The number of para-hydroxylation sites is 1. The minimum absolute atomic E-state index is 0.0818. The molecule has 39 heavy (non-hydrogen) atoms. The smallest absolute Gasteiger partial charge is 0.256 e. The monoisotopic (exact) mass is 528 g/mol. The molecule has 0 bridgehead atoms. The summed E-state index contributed by atoms with van der Waals surface area (Å²) >= 11 is 0. The molecule has 9 nitrogen and oxygen atoms in total. The number of hydrazone groups is 1. The number of hydrogen-bond acceptors (Lipinski definition) is 5. The molecule has 2 aliphatic heterocycles. The summed E-state index contributed by atoms with van der Waals surface area (Å²) in [5, 5.41) is 10.1. The molecule has 1 aromatic heterocycles. The fourth-order valence-electron chi connectivity index (χ4n) is 5.62. The first-order valence-corrected chi connectivity index (χ1v) is 13.5. The number of aromatic amines is 1. The maximum absolute atomic E-state index is 14.2. The van der Waals surface area contributed by atoms with E-state index in [-0.39, 0.29) is 18.4 Å². The predicted octanol–water partition coefficient (Wildman–Crippen LogP) is 2.61. The quantitative estimate of drug-likeness (QED) is 0.416. The summed E-state index contributed by atoms with van der Waals surface area (Å²) in [6, 6.07) is 16.9. The topological polar surface area (TPSA) is 124 Å². The van der Waals surface area contributed by atoms with E-state index in [1.807, 2.05) is 67.7 Å². The molecule has 5 rings (SSSR count). The summed E-state index contributed by atoms with van der Waals surface area (Å²) in [7, 11) is 0. The van der Waals surface area contributed by atoms with Crippen molar-refractivity contribution in [2.45, 2.75) is 51.6 Å². The predicted molar refractivity (Wildman–Crippen MR) is 151 cm³/mol. The second-order valence-electron chi connectivity index (χ2n) is 11.1. The molecular formula is C30H36N6O3. The van der Waals surface area contributed by atoms with Crippen LogP contribution in [0, 0.1) is 5.41 Å². The Morgan fingerprint density at radius 3 is 2.59 bits per heavy atom. The van der Waals surface area contributed by atoms with Crippen molar-refractivity contribution in [1.29, 1.82) is 0 Å². The van der Waals surface area contributed by atoms with Crippen LogP contribution in [0.5, 0.6) is 0 Å². The number of amides is 3. The van der Waals surface area contributed by atoms with Crippen LogP contribution < -0.4 is 11.1 Å². The number of nitrogens with one attached hydrogen (secondary N) is 2. The van der Waals surface area contributed by atoms with E-state index >= 15 is 0 Å². The summed E-state index contributed by atoms with van der Waals surface area (Å²) in [5.74, 6) is -0.721. The molecule has 3 aromatic rings. The second-order valence-corrected chi connectivity index (χ2v) is 11.1. The highest BCUT2D eigenvalue weighted by Gasteiger charge is 2.54. The minimum atomic E-state index is -1.15. The molecular weight excluding hydrogens is 492 g/mol. The maximum atomic E-state index is 14.2. The number of rotatable bonds is 8. The van der Waals surface area contributed by atoms with E-state index in [2.05, 4.69) is 15.4 Å². The zero-order chi connectivity index (χ0) is 27.8. The van der Waals surface area contributed by atoms with Crippen molar-refractivity contribution < 1.29 is 14.4 Å². The first-order chi connectivity index (χ1) is 18.6. The van der Waals surface area contributed by atoms with Gasteiger partial charge in [0.25, 0.3) is 5.91 Å². The average Bonchev–Trinajstić information content (AvgIpc) is 3.45. The van der Waals surface area contributed by atoms with E-state index < -0.39 is 22.9 Å². The largest absolute Gasteiger partial charge is 0.361 e. The molecule has 2 aliphatic rings. The number of piperidine rings is 1. The van der Waals surface area contributed by atoms with Gasteiger partial charge in [-0.2, -0.15) is 5.10 Å². The lowest BCUT2D eigenvalue weighted by molar-refractivity contribution is -0.143. The van der Waals surface area contributed by atoms with Crippen LogP contribution in [0.25, 0.3) is 10.9 Å². The van der Waals surface area contributed by atoms with Crippen molar-refractivity contribution >= 4 is 34.3 Å². The fraction of sp³-hybridized carbons (Fsp3) is 0.400. The second kappa shape index (κ2) is 10.3. The Morgan fingerprint density at radius 1 is 1.15 bits per heavy atom. The first-order valence-electron chi connectivity index (χ1n) is 13.5. The third-order valence-electron chi connectivity index (χ3n) is 7.76. The maximum Gasteiger partial charge on any atom is 0.256 e. The van der Waals surface area contributed by atoms with Crippen LogP contribution in [-0.2, 0) is 27.2 Å². The molecule has 204 valence electrons. The SMILES string of the molecule is CCN1N=C2CCN(C(=O)C(Cc3c[nH]c4ccccc34)NC(=O)C(C)(C)N)CC2(Cc2ccccc2)C1=O. The number of nitrogens with zero attached hydrogens (tertiary/aromatic N) is 3. The van der Waals surface area contributed by atoms with Crippen LogP contribution in [0.15, 0.2) is 65.9 Å². The van der Waals surface area contributed by atoms with Crippen molar-refractivity contribution in [3.63, 3.8) is 0 Å². The lowest BCUT2D eigenvalue weighted by Crippen LogP contribution is -2.61. The van der Waals surface area contributed by atoms with Gasteiger partial charge in [-0.15, -0.1) is 0 Å². The van der Waals surface area contributed by atoms with E-state index in [1.165, 1.54) is 5.01 Å². The Bertz CT molecular complexity index is 1420. The summed E-state index contributed by atoms with van der Waals surface area (Å²) in [4.78, 5) is 45.8. The first kappa shape index (κ1) is 26.6. The minimum Gasteiger partial charge on any atom is -0.361 e. The highest BCUT2D eigenvalue weighted by Crippen LogP contribution is 2.39. The van der Waals surface area contributed by atoms with Gasteiger partial charge in [0.2, 0.25) is 11.8 Å². The number of likely N-dealkylation sites (tertiary alicyclic amines) is 1. The van der Waals surface area contributed by atoms with E-state index in [1.54, 1.807) is 18.7 Å². The molecule has 0 radical (unpaired) electrons. The molecule has 4 N–H and O–H groups in total. The number of benzene rings is 2. The third-order valence-corrected chi connectivity index (χ3v) is 7.76. The van der Waals surface area contributed by atoms with E-state index in [0.717, 1.165) is 27.7 Å². The Balaban J connectivity index is 1.46. The molecule has 2 unspecified atom stereocenters. The number of fused-ring (bicyclic) bond motifs is 2. The van der Waals surface area contributed by atoms with Gasteiger partial charge in [0.1, 0.15) is 11.5 Å². The van der Waals surface area contributed by atoms with Gasteiger partial charge in [-0.1, -0.05) is 48.5 Å². The van der Waals surface area contributed by atoms with Gasteiger partial charge in [-0.05, 0) is 44.4 Å². The Labute approximate surface area is 228 Å². The van der Waals surface area contributed by atoms with Gasteiger partial charge in [0.05, 0.1) is 11.3 Å². The standard InChI is InChI=1S/C30H36N6O3/c1-4-36-28(39)30(17-20-10-6-5-7-11-20)19-35(15-14-25(30)34-36)26(37)24(33-27(38)29(2,3)31)16-21-18-32-23-13-9-8-12-22(21)23/h5-13,18,24,32H,4,14-17,19,31H2,1-3H3,(H,33,38). The summed E-state index contributed by atoms with van der Waals surface area (Å²) < 4.78 is 0. The van der Waals surface area contributed by atoms with Crippen LogP contribution in [0.4, 0.5) is 0 Å². The summed E-state index contributed by atoms with van der Waals surface area (Å²) in [6.07, 6.45) is 3.13. The van der Waals surface area contributed by atoms with Crippen molar-refractivity contribution in [3.05, 3.63) is 71.9 Å². The number of carbonyl (C=O) groups excluding carboxylic acids is 3. The van der Waals surface area contributed by atoms with Crippen LogP contribution in [0.2, 0.25) is 0 Å². The highest BCUT2D eigenvalue weighted by atomic mass is 16.2. The van der Waals surface area contributed by atoms with Gasteiger partial charge in [-0.25, -0.2) is 5.01 Å². The number of H-pyrrole nitrogens is 1. The van der Waals surface area contributed by atoms with Crippen LogP contribution in [0.3, 0.4) is 0 Å². The molecule has 2 aromatic carbocycles. The molecule has 1 saturated heterocycles. The van der Waals surface area contributed by atoms with Crippen LogP contribution in [-0.4, -0.2) is 69.5 Å². The summed E-state index contributed by atoms with van der Waals surface area (Å²) in [5.41, 5.74) is 7.73. The van der Waals surface area contributed by atoms with Gasteiger partial charge >= 0.3 is 0 Å². The Kier molecular flexibility index (Phi) is 7.03. The highest BCUT2D eigenvalue weighted by molar-refractivity contribution is 6.14. The number of carbonyl (C=O) groups is 3. The van der Waals surface area contributed by atoms with Gasteiger partial charge in [-0.3, -0.25) is 14.4 Å². The molecule has 0 spiro atoms. The van der Waals surface area contributed by atoms with Crippen LogP contribution in [0.1, 0.15) is 38.3 Å². The average molecular weight is 529 g/mol. The lowest BCUT2D eigenvalue weighted by Gasteiger charge is -2.41. The van der Waals surface area contributed by atoms with Gasteiger partial charge in [0, 0.05) is 49.6 Å². The van der Waals surface area contributed by atoms with Gasteiger partial charge in [0.15, 0.2) is 0 Å². The van der Waals surface area contributed by atoms with Crippen LogP contribution >= 0.6 is 0 Å². The number of hydrogen-bond donors (Lipinski definition) is 3. The normalized spacial score (nSPS) is 20.1. The van der Waals surface area contributed by atoms with Crippen molar-refractivity contribution in [2.24, 2.45) is 16.3 Å². The molecule has 2 atom stereocenters. The number of aromatic nitrogens is 1. The van der Waals surface area contributed by atoms with E-state index in [0.29, 0.717) is 32.4 Å². The fourth-order valence-corrected chi connectivity index (χ4v) is 5.62. The Hall–Kier alpha value is -3.98. The zero-order valence-corrected chi connectivity index (χ0v) is 22.7. The van der Waals surface area contributed by atoms with E-state index in [4.69, 9.17) is 5.73 Å². The molecule has 0 saturated carbocycles. The third kappa shape index (κ3) is 5.06. The van der Waals surface area contributed by atoms with E-state index in [9.17, 15) is 14.4 Å². The molecule has 1 fully saturated rings. The molecule has 9 heteroatoms. The molecule has 0 aliphatic carbocycles. The van der Waals surface area contributed by atoms with Crippen molar-refractivity contribution in [3.8, 4) is 0 Å². The number of nitrogens with two attached hydrogens (primary N) is 1. The van der Waals surface area contributed by atoms with Crippen molar-refractivity contribution in [1.82, 2.24) is 20.2 Å². The summed E-state index contributed by atoms with van der Waals surface area (Å²) in [6.45, 7) is 6.24. The van der Waals surface area contributed by atoms with Crippen molar-refractivity contribution in [2.75, 3.05) is 19.6 Å². The molecule has 3 amide bonds. The Morgan fingerprint density at radius 2 is 1.87 bits per heavy atom. The van der Waals surface area contributed by atoms with Gasteiger partial charge < -0.3 is 20.9 Å². The lowest BCUT2D eigenvalue weighted by atomic mass is 9.73. The zero-order valence-electron chi connectivity index (χ0n) is 22.7. The molecule has 3 heterocycles.